The SMILES string of the molecule is CN(C1CC1)C1(CN)C2CC3CC(C2)CC1C3. The fourth-order valence-corrected chi connectivity index (χ4v) is 5.86. The van der Waals surface area contributed by atoms with Crippen LogP contribution in [0, 0.1) is 23.7 Å². The minimum atomic E-state index is 0.397. The van der Waals surface area contributed by atoms with E-state index in [-0.39, 0.29) is 0 Å². The summed E-state index contributed by atoms with van der Waals surface area (Å²) in [6.07, 6.45) is 10.3. The lowest BCUT2D eigenvalue weighted by atomic mass is 9.48. The van der Waals surface area contributed by atoms with Gasteiger partial charge in [0, 0.05) is 18.1 Å². The van der Waals surface area contributed by atoms with Gasteiger partial charge in [-0.1, -0.05) is 0 Å². The molecule has 2 nitrogen and oxygen atoms in total. The van der Waals surface area contributed by atoms with Crippen molar-refractivity contribution in [3.8, 4) is 0 Å². The lowest BCUT2D eigenvalue weighted by molar-refractivity contribution is -0.126. The van der Waals surface area contributed by atoms with Crippen LogP contribution in [0.15, 0.2) is 0 Å². The molecule has 0 unspecified atom stereocenters. The van der Waals surface area contributed by atoms with E-state index in [0.717, 1.165) is 36.3 Å². The highest BCUT2D eigenvalue weighted by atomic mass is 15.3. The number of nitrogens with two attached hydrogens (primary N) is 1. The molecule has 5 aliphatic carbocycles. The molecule has 0 saturated heterocycles. The van der Waals surface area contributed by atoms with E-state index in [0.29, 0.717) is 5.54 Å². The second-order valence-corrected chi connectivity index (χ2v) is 7.34. The Morgan fingerprint density at radius 2 is 1.53 bits per heavy atom. The van der Waals surface area contributed by atoms with Crippen molar-refractivity contribution in [2.45, 2.75) is 56.5 Å². The first-order valence-corrected chi connectivity index (χ1v) is 7.67. The average Bonchev–Trinajstić information content (AvgIpc) is 3.12. The van der Waals surface area contributed by atoms with Gasteiger partial charge in [0.15, 0.2) is 0 Å². The molecule has 2 N–H and O–H groups in total. The molecule has 5 rings (SSSR count). The largest absolute Gasteiger partial charge is 0.329 e. The molecule has 0 radical (unpaired) electrons. The third-order valence-electron chi connectivity index (χ3n) is 6.63. The van der Waals surface area contributed by atoms with Crippen molar-refractivity contribution >= 4 is 0 Å². The minimum absolute atomic E-state index is 0.397. The molecule has 0 aliphatic heterocycles. The van der Waals surface area contributed by atoms with Gasteiger partial charge in [-0.3, -0.25) is 4.90 Å². The lowest BCUT2D eigenvalue weighted by Gasteiger charge is -2.64. The molecule has 0 amide bonds. The molecule has 5 saturated carbocycles. The van der Waals surface area contributed by atoms with Gasteiger partial charge in [0.25, 0.3) is 0 Å². The Kier molecular flexibility index (Phi) is 2.21. The van der Waals surface area contributed by atoms with Gasteiger partial charge in [-0.05, 0) is 75.7 Å². The molecule has 4 bridgehead atoms. The van der Waals surface area contributed by atoms with Crippen LogP contribution in [0.5, 0.6) is 0 Å². The van der Waals surface area contributed by atoms with Crippen molar-refractivity contribution in [1.29, 1.82) is 0 Å². The molecular weight excluding hydrogens is 208 g/mol. The van der Waals surface area contributed by atoms with Crippen LogP contribution in [-0.4, -0.2) is 30.1 Å². The first-order chi connectivity index (χ1) is 8.24. The Hall–Kier alpha value is -0.0800. The van der Waals surface area contributed by atoms with Crippen molar-refractivity contribution in [3.05, 3.63) is 0 Å². The Morgan fingerprint density at radius 1 is 1.00 bits per heavy atom. The number of rotatable bonds is 3. The molecular formula is C15H26N2. The summed E-state index contributed by atoms with van der Waals surface area (Å²) in [5.41, 5.74) is 6.71. The van der Waals surface area contributed by atoms with Gasteiger partial charge in [0.2, 0.25) is 0 Å². The van der Waals surface area contributed by atoms with Crippen LogP contribution in [0.25, 0.3) is 0 Å². The van der Waals surface area contributed by atoms with Crippen LogP contribution in [0.1, 0.15) is 44.9 Å². The molecule has 5 aliphatic rings. The summed E-state index contributed by atoms with van der Waals surface area (Å²) in [5.74, 6) is 3.97. The number of hydrogen-bond donors (Lipinski definition) is 1. The van der Waals surface area contributed by atoms with E-state index in [9.17, 15) is 0 Å². The molecule has 96 valence electrons. The van der Waals surface area contributed by atoms with Crippen LogP contribution in [0.2, 0.25) is 0 Å². The second-order valence-electron chi connectivity index (χ2n) is 7.34. The summed E-state index contributed by atoms with van der Waals surface area (Å²) in [5, 5.41) is 0. The number of likely N-dealkylation sites (N-methyl/N-ethyl adjacent to an activating group) is 1. The molecule has 0 aromatic rings. The third-order valence-corrected chi connectivity index (χ3v) is 6.63. The predicted octanol–water partition coefficient (Wildman–Crippen LogP) is 2.23. The van der Waals surface area contributed by atoms with E-state index in [1.54, 1.807) is 6.42 Å². The van der Waals surface area contributed by atoms with Crippen LogP contribution in [-0.2, 0) is 0 Å². The zero-order valence-corrected chi connectivity index (χ0v) is 11.1. The monoisotopic (exact) mass is 234 g/mol. The number of hydrogen-bond acceptors (Lipinski definition) is 2. The standard InChI is InChI=1S/C15H26N2/c1-17(14-2-3-14)15(9-16)12-5-10-4-11(7-12)8-13(15)6-10/h10-14H,2-9,16H2,1H3. The maximum atomic E-state index is 6.31. The van der Waals surface area contributed by atoms with Crippen LogP contribution >= 0.6 is 0 Å². The molecule has 0 spiro atoms. The van der Waals surface area contributed by atoms with Crippen molar-refractivity contribution in [1.82, 2.24) is 4.90 Å². The summed E-state index contributed by atoms with van der Waals surface area (Å²) in [4.78, 5) is 2.74. The first kappa shape index (κ1) is 10.8. The smallest absolute Gasteiger partial charge is 0.0388 e. The van der Waals surface area contributed by atoms with Crippen molar-refractivity contribution < 1.29 is 0 Å². The van der Waals surface area contributed by atoms with E-state index in [1.165, 1.54) is 38.5 Å². The third kappa shape index (κ3) is 1.34. The maximum Gasteiger partial charge on any atom is 0.0388 e. The minimum Gasteiger partial charge on any atom is -0.329 e. The topological polar surface area (TPSA) is 29.3 Å². The Bertz CT molecular complexity index is 293. The average molecular weight is 234 g/mol. The zero-order valence-electron chi connectivity index (χ0n) is 11.1. The lowest BCUT2D eigenvalue weighted by Crippen LogP contribution is -2.68. The summed E-state index contributed by atoms with van der Waals surface area (Å²) >= 11 is 0. The Labute approximate surface area is 105 Å². The van der Waals surface area contributed by atoms with E-state index in [4.69, 9.17) is 5.73 Å². The predicted molar refractivity (Wildman–Crippen MR) is 69.6 cm³/mol. The number of nitrogens with zero attached hydrogens (tertiary/aromatic N) is 1. The van der Waals surface area contributed by atoms with Gasteiger partial charge in [-0.2, -0.15) is 0 Å². The molecule has 0 atom stereocenters. The zero-order chi connectivity index (χ0) is 11.6. The van der Waals surface area contributed by atoms with E-state index in [1.807, 2.05) is 0 Å². The summed E-state index contributed by atoms with van der Waals surface area (Å²) in [6, 6.07) is 0.871. The van der Waals surface area contributed by atoms with E-state index >= 15 is 0 Å². The van der Waals surface area contributed by atoms with Gasteiger partial charge < -0.3 is 5.73 Å². The molecule has 17 heavy (non-hydrogen) atoms. The van der Waals surface area contributed by atoms with Gasteiger partial charge >= 0.3 is 0 Å². The Balaban J connectivity index is 1.69. The van der Waals surface area contributed by atoms with Gasteiger partial charge in [-0.25, -0.2) is 0 Å². The molecule has 0 heterocycles. The van der Waals surface area contributed by atoms with Crippen molar-refractivity contribution in [2.75, 3.05) is 13.6 Å². The Morgan fingerprint density at radius 3 is 1.94 bits per heavy atom. The highest BCUT2D eigenvalue weighted by Gasteiger charge is 2.59. The van der Waals surface area contributed by atoms with E-state index in [2.05, 4.69) is 11.9 Å². The summed E-state index contributed by atoms with van der Waals surface area (Å²) in [6.45, 7) is 0.911. The summed E-state index contributed by atoms with van der Waals surface area (Å²) < 4.78 is 0. The highest BCUT2D eigenvalue weighted by Crippen LogP contribution is 2.60. The fourth-order valence-electron chi connectivity index (χ4n) is 5.86. The van der Waals surface area contributed by atoms with Gasteiger partial charge in [-0.15, -0.1) is 0 Å². The molecule has 2 heteroatoms. The quantitative estimate of drug-likeness (QED) is 0.811. The van der Waals surface area contributed by atoms with Gasteiger partial charge in [0.1, 0.15) is 0 Å². The van der Waals surface area contributed by atoms with Crippen molar-refractivity contribution in [2.24, 2.45) is 29.4 Å². The second kappa shape index (κ2) is 3.48. The van der Waals surface area contributed by atoms with Crippen LogP contribution < -0.4 is 5.73 Å². The van der Waals surface area contributed by atoms with Crippen LogP contribution in [0.3, 0.4) is 0 Å². The molecule has 5 fully saturated rings. The fraction of sp³-hybridized carbons (Fsp3) is 1.00. The first-order valence-electron chi connectivity index (χ1n) is 7.67. The normalized spacial score (nSPS) is 52.4. The van der Waals surface area contributed by atoms with Crippen LogP contribution in [0.4, 0.5) is 0 Å². The van der Waals surface area contributed by atoms with Crippen molar-refractivity contribution in [3.63, 3.8) is 0 Å². The van der Waals surface area contributed by atoms with E-state index < -0.39 is 0 Å². The highest BCUT2D eigenvalue weighted by molar-refractivity contribution is 5.14. The molecule has 0 aromatic heterocycles. The van der Waals surface area contributed by atoms with Gasteiger partial charge in [0.05, 0.1) is 0 Å². The summed E-state index contributed by atoms with van der Waals surface area (Å²) in [7, 11) is 2.38. The molecule has 0 aromatic carbocycles. The maximum absolute atomic E-state index is 6.31.